The summed E-state index contributed by atoms with van der Waals surface area (Å²) in [6.07, 6.45) is 6.15. The molecule has 0 amide bonds. The molecule has 0 aromatic heterocycles. The molecule has 1 N–H and O–H groups in total. The van der Waals surface area contributed by atoms with Crippen LogP contribution in [0.3, 0.4) is 0 Å². The Hall–Kier alpha value is -1.64. The van der Waals surface area contributed by atoms with Crippen molar-refractivity contribution >= 4 is 9.84 Å². The molecule has 100 valence electrons. The Morgan fingerprint density at radius 3 is 2.42 bits per heavy atom. The van der Waals surface area contributed by atoms with Crippen molar-refractivity contribution in [3.63, 3.8) is 0 Å². The van der Waals surface area contributed by atoms with Gasteiger partial charge in [0, 0.05) is 12.6 Å². The molecular formula is C14H16N2O2S. The van der Waals surface area contributed by atoms with Crippen LogP contribution in [0.2, 0.25) is 0 Å². The number of benzene rings is 1. The summed E-state index contributed by atoms with van der Waals surface area (Å²) in [5.74, 6) is 0.0788. The highest BCUT2D eigenvalue weighted by molar-refractivity contribution is 7.91. The van der Waals surface area contributed by atoms with Gasteiger partial charge >= 0.3 is 0 Å². The average Bonchev–Trinajstić information content (AvgIpc) is 2.92. The lowest BCUT2D eigenvalue weighted by Crippen LogP contribution is -2.31. The predicted octanol–water partition coefficient (Wildman–Crippen LogP) is 1.64. The molecular weight excluding hydrogens is 260 g/mol. The van der Waals surface area contributed by atoms with Crippen LogP contribution in [-0.4, -0.2) is 26.8 Å². The number of nitrogens with zero attached hydrogens (tertiary/aromatic N) is 1. The van der Waals surface area contributed by atoms with Gasteiger partial charge in [-0.25, -0.2) is 8.42 Å². The second-order valence-electron chi connectivity index (χ2n) is 4.55. The van der Waals surface area contributed by atoms with Crippen molar-refractivity contribution in [2.75, 3.05) is 12.3 Å². The van der Waals surface area contributed by atoms with Gasteiger partial charge in [-0.3, -0.25) is 0 Å². The molecule has 0 fully saturated rings. The first-order chi connectivity index (χ1) is 9.12. The molecule has 0 aliphatic heterocycles. The minimum atomic E-state index is -3.27. The van der Waals surface area contributed by atoms with Gasteiger partial charge in [-0.2, -0.15) is 5.26 Å². The molecule has 0 saturated carbocycles. The Kier molecular flexibility index (Phi) is 4.35. The maximum absolute atomic E-state index is 12.1. The third-order valence-electron chi connectivity index (χ3n) is 3.15. The summed E-state index contributed by atoms with van der Waals surface area (Å²) >= 11 is 0. The Bertz CT molecular complexity index is 589. The molecule has 0 radical (unpaired) electrons. The molecule has 19 heavy (non-hydrogen) atoms. The van der Waals surface area contributed by atoms with Crippen molar-refractivity contribution < 1.29 is 8.42 Å². The first-order valence-corrected chi connectivity index (χ1v) is 7.88. The number of nitriles is 1. The zero-order chi connectivity index (χ0) is 13.7. The van der Waals surface area contributed by atoms with Crippen LogP contribution in [0.15, 0.2) is 41.3 Å². The number of hydrogen-bond acceptors (Lipinski definition) is 4. The Morgan fingerprint density at radius 1 is 1.21 bits per heavy atom. The van der Waals surface area contributed by atoms with Crippen LogP contribution in [0.1, 0.15) is 18.4 Å². The lowest BCUT2D eigenvalue weighted by Gasteiger charge is -2.11. The van der Waals surface area contributed by atoms with Crippen molar-refractivity contribution in [1.82, 2.24) is 5.32 Å². The maximum Gasteiger partial charge on any atom is 0.179 e. The summed E-state index contributed by atoms with van der Waals surface area (Å²) < 4.78 is 24.1. The third kappa shape index (κ3) is 3.66. The average molecular weight is 276 g/mol. The molecule has 0 heterocycles. The Morgan fingerprint density at radius 2 is 1.84 bits per heavy atom. The van der Waals surface area contributed by atoms with Gasteiger partial charge in [0.15, 0.2) is 9.84 Å². The van der Waals surface area contributed by atoms with E-state index in [4.69, 9.17) is 5.26 Å². The van der Waals surface area contributed by atoms with Crippen LogP contribution < -0.4 is 5.32 Å². The molecule has 1 aliphatic rings. The van der Waals surface area contributed by atoms with E-state index in [-0.39, 0.29) is 10.6 Å². The lowest BCUT2D eigenvalue weighted by molar-refractivity contribution is 0.548. The standard InChI is InChI=1S/C14H16N2O2S/c15-11-12-5-7-14(8-6-12)19(17,18)10-9-16-13-3-1-2-4-13/h1-2,5-8,13,16H,3-4,9-10H2. The van der Waals surface area contributed by atoms with Crippen LogP contribution in [0.25, 0.3) is 0 Å². The van der Waals surface area contributed by atoms with Crippen LogP contribution in [0.5, 0.6) is 0 Å². The van der Waals surface area contributed by atoms with Gasteiger partial charge in [0.2, 0.25) is 0 Å². The normalized spacial score (nSPS) is 15.5. The highest BCUT2D eigenvalue weighted by atomic mass is 32.2. The fourth-order valence-electron chi connectivity index (χ4n) is 2.04. The van der Waals surface area contributed by atoms with Crippen molar-refractivity contribution in [2.24, 2.45) is 0 Å². The van der Waals surface area contributed by atoms with Crippen LogP contribution in [0.4, 0.5) is 0 Å². The minimum absolute atomic E-state index is 0.0788. The van der Waals surface area contributed by atoms with Crippen molar-refractivity contribution in [2.45, 2.75) is 23.8 Å². The van der Waals surface area contributed by atoms with E-state index in [1.54, 1.807) is 0 Å². The number of nitrogens with one attached hydrogen (secondary N) is 1. The third-order valence-corrected chi connectivity index (χ3v) is 4.89. The zero-order valence-corrected chi connectivity index (χ0v) is 11.4. The van der Waals surface area contributed by atoms with Gasteiger partial charge in [0.25, 0.3) is 0 Å². The first-order valence-electron chi connectivity index (χ1n) is 6.23. The van der Waals surface area contributed by atoms with Crippen LogP contribution in [-0.2, 0) is 9.84 Å². The van der Waals surface area contributed by atoms with E-state index in [2.05, 4.69) is 17.5 Å². The molecule has 0 saturated heterocycles. The van der Waals surface area contributed by atoms with E-state index >= 15 is 0 Å². The quantitative estimate of drug-likeness (QED) is 0.830. The number of sulfone groups is 1. The molecule has 1 aromatic carbocycles. The van der Waals surface area contributed by atoms with Gasteiger partial charge < -0.3 is 5.32 Å². The monoisotopic (exact) mass is 276 g/mol. The fraction of sp³-hybridized carbons (Fsp3) is 0.357. The second-order valence-corrected chi connectivity index (χ2v) is 6.66. The number of hydrogen-bond donors (Lipinski definition) is 1. The van der Waals surface area contributed by atoms with Gasteiger partial charge in [-0.15, -0.1) is 0 Å². The molecule has 0 spiro atoms. The van der Waals surface area contributed by atoms with Gasteiger partial charge in [-0.05, 0) is 37.1 Å². The van der Waals surface area contributed by atoms with Crippen LogP contribution >= 0.6 is 0 Å². The number of rotatable bonds is 5. The first kappa shape index (κ1) is 13.8. The Balaban J connectivity index is 1.91. The SMILES string of the molecule is N#Cc1ccc(S(=O)(=O)CCNC2CC=CC2)cc1. The largest absolute Gasteiger partial charge is 0.312 e. The smallest absolute Gasteiger partial charge is 0.179 e. The summed E-state index contributed by atoms with van der Waals surface area (Å²) in [5.41, 5.74) is 0.467. The van der Waals surface area contributed by atoms with Gasteiger partial charge in [-0.1, -0.05) is 12.2 Å². The summed E-state index contributed by atoms with van der Waals surface area (Å²) in [4.78, 5) is 0.276. The predicted molar refractivity (Wildman–Crippen MR) is 73.4 cm³/mol. The molecule has 4 nitrogen and oxygen atoms in total. The van der Waals surface area contributed by atoms with E-state index in [9.17, 15) is 8.42 Å². The molecule has 0 atom stereocenters. The fourth-order valence-corrected chi connectivity index (χ4v) is 3.21. The summed E-state index contributed by atoms with van der Waals surface area (Å²) in [7, 11) is -3.27. The van der Waals surface area contributed by atoms with E-state index < -0.39 is 9.84 Å². The summed E-state index contributed by atoms with van der Waals surface area (Å²) in [6, 6.07) is 8.38. The minimum Gasteiger partial charge on any atom is -0.312 e. The highest BCUT2D eigenvalue weighted by Crippen LogP contribution is 2.13. The molecule has 0 bridgehead atoms. The van der Waals surface area contributed by atoms with Crippen LogP contribution in [0, 0.1) is 11.3 Å². The highest BCUT2D eigenvalue weighted by Gasteiger charge is 2.15. The van der Waals surface area contributed by atoms with Gasteiger partial charge in [0.05, 0.1) is 22.3 Å². The van der Waals surface area contributed by atoms with E-state index in [1.165, 1.54) is 24.3 Å². The molecule has 1 aromatic rings. The zero-order valence-electron chi connectivity index (χ0n) is 10.5. The molecule has 0 unspecified atom stereocenters. The molecule has 2 rings (SSSR count). The Labute approximate surface area is 113 Å². The molecule has 5 heteroatoms. The maximum atomic E-state index is 12.1. The van der Waals surface area contributed by atoms with Gasteiger partial charge in [0.1, 0.15) is 0 Å². The van der Waals surface area contributed by atoms with E-state index in [0.717, 1.165) is 12.8 Å². The molecule has 1 aliphatic carbocycles. The van der Waals surface area contributed by atoms with E-state index in [0.29, 0.717) is 18.2 Å². The topological polar surface area (TPSA) is 70.0 Å². The van der Waals surface area contributed by atoms with Crippen molar-refractivity contribution in [3.8, 4) is 6.07 Å². The van der Waals surface area contributed by atoms with Crippen molar-refractivity contribution in [3.05, 3.63) is 42.0 Å². The second kappa shape index (κ2) is 6.00. The van der Waals surface area contributed by atoms with Crippen molar-refractivity contribution in [1.29, 1.82) is 5.26 Å². The summed E-state index contributed by atoms with van der Waals surface area (Å²) in [6.45, 7) is 0.453. The lowest BCUT2D eigenvalue weighted by atomic mass is 10.2. The van der Waals surface area contributed by atoms with E-state index in [1.807, 2.05) is 6.07 Å². The summed E-state index contributed by atoms with van der Waals surface area (Å²) in [5, 5.41) is 11.9.